The van der Waals surface area contributed by atoms with Crippen LogP contribution in [0, 0.1) is 23.7 Å². The molecule has 1 saturated carbocycles. The van der Waals surface area contributed by atoms with E-state index >= 15 is 0 Å². The lowest BCUT2D eigenvalue weighted by molar-refractivity contribution is -0.150. The molecule has 1 aromatic carbocycles. The Balaban J connectivity index is 1.75. The molecule has 0 radical (unpaired) electrons. The number of fused-ring (bicyclic) bond motifs is 2. The molecule has 23 heavy (non-hydrogen) atoms. The van der Waals surface area contributed by atoms with Crippen LogP contribution in [0.25, 0.3) is 0 Å². The molecular formula is C18H19NO4. The Labute approximate surface area is 134 Å². The van der Waals surface area contributed by atoms with Crippen molar-refractivity contribution in [2.45, 2.75) is 13.3 Å². The number of methoxy groups -OCH3 is 1. The van der Waals surface area contributed by atoms with Crippen molar-refractivity contribution >= 4 is 23.3 Å². The maximum Gasteiger partial charge on any atom is 0.310 e. The van der Waals surface area contributed by atoms with Crippen molar-refractivity contribution in [3.8, 4) is 0 Å². The number of allylic oxidation sites excluding steroid dienone is 2. The lowest BCUT2D eigenvalue weighted by Gasteiger charge is -2.25. The average Bonchev–Trinajstić information content (AvgIpc) is 3.15. The van der Waals surface area contributed by atoms with Crippen molar-refractivity contribution in [1.82, 2.24) is 0 Å². The third-order valence-corrected chi connectivity index (χ3v) is 4.79. The summed E-state index contributed by atoms with van der Waals surface area (Å²) >= 11 is 0. The Hall–Kier alpha value is -2.43. The molecule has 4 atom stereocenters. The van der Waals surface area contributed by atoms with Crippen molar-refractivity contribution in [1.29, 1.82) is 0 Å². The van der Waals surface area contributed by atoms with Crippen LogP contribution >= 0.6 is 0 Å². The number of carbonyl (C=O) groups excluding carboxylic acids is 3. The van der Waals surface area contributed by atoms with Gasteiger partial charge in [-0.1, -0.05) is 12.2 Å². The fourth-order valence-corrected chi connectivity index (χ4v) is 3.65. The molecule has 2 aliphatic carbocycles. The standard InChI is InChI=1S/C18H19NO4/c1-10(20)11-5-7-14(8-6-11)19-17(21)15-12-3-4-13(9-12)16(15)18(22)23-2/h3-8,12-13,15-16H,9H2,1-2H3,(H,19,21)/t12-,13+,15-,16+/m1/s1. The van der Waals surface area contributed by atoms with E-state index in [0.29, 0.717) is 11.3 Å². The SMILES string of the molecule is COC(=O)[C@@H]1[C@H](C(=O)Nc2ccc(C(C)=O)cc2)[C@@H]2C=C[C@H]1C2. The van der Waals surface area contributed by atoms with Gasteiger partial charge in [-0.2, -0.15) is 0 Å². The van der Waals surface area contributed by atoms with Gasteiger partial charge in [0.05, 0.1) is 18.9 Å². The zero-order valence-corrected chi connectivity index (χ0v) is 13.1. The van der Waals surface area contributed by atoms with Gasteiger partial charge in [0.25, 0.3) is 0 Å². The first-order valence-corrected chi connectivity index (χ1v) is 7.69. The maximum atomic E-state index is 12.6. The largest absolute Gasteiger partial charge is 0.469 e. The van der Waals surface area contributed by atoms with Crippen LogP contribution in [-0.2, 0) is 14.3 Å². The molecule has 0 spiro atoms. The predicted octanol–water partition coefficient (Wildman–Crippen LogP) is 2.44. The fraction of sp³-hybridized carbons (Fsp3) is 0.389. The molecule has 0 heterocycles. The quantitative estimate of drug-likeness (QED) is 0.526. The van der Waals surface area contributed by atoms with Gasteiger partial charge in [0.1, 0.15) is 0 Å². The zero-order valence-electron chi connectivity index (χ0n) is 13.1. The van der Waals surface area contributed by atoms with Gasteiger partial charge in [0.15, 0.2) is 5.78 Å². The highest BCUT2D eigenvalue weighted by Gasteiger charge is 2.52. The summed E-state index contributed by atoms with van der Waals surface area (Å²) in [5.74, 6) is -1.16. The normalized spacial score (nSPS) is 27.7. The average molecular weight is 313 g/mol. The minimum atomic E-state index is -0.411. The van der Waals surface area contributed by atoms with E-state index in [-0.39, 0.29) is 29.5 Å². The van der Waals surface area contributed by atoms with Crippen molar-refractivity contribution in [3.05, 3.63) is 42.0 Å². The van der Waals surface area contributed by atoms with Crippen LogP contribution in [0.1, 0.15) is 23.7 Å². The van der Waals surface area contributed by atoms with E-state index in [4.69, 9.17) is 4.74 Å². The highest BCUT2D eigenvalue weighted by molar-refractivity contribution is 5.98. The Kier molecular flexibility index (Phi) is 4.03. The van der Waals surface area contributed by atoms with Gasteiger partial charge in [-0.25, -0.2) is 0 Å². The number of carbonyl (C=O) groups is 3. The number of ketones is 1. The molecule has 2 bridgehead atoms. The van der Waals surface area contributed by atoms with E-state index in [9.17, 15) is 14.4 Å². The maximum absolute atomic E-state index is 12.6. The zero-order chi connectivity index (χ0) is 16.6. The van der Waals surface area contributed by atoms with E-state index in [2.05, 4.69) is 5.32 Å². The Morgan fingerprint density at radius 2 is 1.65 bits per heavy atom. The van der Waals surface area contributed by atoms with E-state index in [1.807, 2.05) is 12.2 Å². The number of nitrogens with one attached hydrogen (secondary N) is 1. The number of amides is 1. The summed E-state index contributed by atoms with van der Waals surface area (Å²) in [7, 11) is 1.35. The highest BCUT2D eigenvalue weighted by Crippen LogP contribution is 2.48. The molecular weight excluding hydrogens is 294 g/mol. The van der Waals surface area contributed by atoms with Crippen molar-refractivity contribution < 1.29 is 19.1 Å². The Morgan fingerprint density at radius 3 is 2.22 bits per heavy atom. The van der Waals surface area contributed by atoms with E-state index < -0.39 is 11.8 Å². The first-order valence-electron chi connectivity index (χ1n) is 7.69. The molecule has 1 aromatic rings. The second kappa shape index (κ2) is 5.99. The summed E-state index contributed by atoms with van der Waals surface area (Å²) in [5, 5.41) is 2.85. The third kappa shape index (κ3) is 2.79. The van der Waals surface area contributed by atoms with Crippen LogP contribution < -0.4 is 5.32 Å². The molecule has 0 aromatic heterocycles. The minimum Gasteiger partial charge on any atom is -0.469 e. The number of hydrogen-bond donors (Lipinski definition) is 1. The van der Waals surface area contributed by atoms with Crippen molar-refractivity contribution in [2.75, 3.05) is 12.4 Å². The van der Waals surface area contributed by atoms with Crippen LogP contribution in [0.2, 0.25) is 0 Å². The van der Waals surface area contributed by atoms with Crippen LogP contribution in [-0.4, -0.2) is 24.8 Å². The Bertz CT molecular complexity index is 677. The van der Waals surface area contributed by atoms with Crippen LogP contribution in [0.3, 0.4) is 0 Å². The van der Waals surface area contributed by atoms with E-state index in [1.165, 1.54) is 14.0 Å². The monoisotopic (exact) mass is 313 g/mol. The minimum absolute atomic E-state index is 0.0214. The van der Waals surface area contributed by atoms with Crippen LogP contribution in [0.4, 0.5) is 5.69 Å². The fourth-order valence-electron chi connectivity index (χ4n) is 3.65. The molecule has 5 heteroatoms. The van der Waals surface area contributed by atoms with Crippen molar-refractivity contribution in [2.24, 2.45) is 23.7 Å². The molecule has 0 unspecified atom stereocenters. The summed E-state index contributed by atoms with van der Waals surface area (Å²) in [6.07, 6.45) is 4.85. The second-order valence-electron chi connectivity index (χ2n) is 6.15. The van der Waals surface area contributed by atoms with Gasteiger partial charge in [-0.15, -0.1) is 0 Å². The van der Waals surface area contributed by atoms with Gasteiger partial charge in [0.2, 0.25) is 5.91 Å². The molecule has 1 amide bonds. The lowest BCUT2D eigenvalue weighted by atomic mass is 9.82. The number of anilines is 1. The highest BCUT2D eigenvalue weighted by atomic mass is 16.5. The molecule has 3 rings (SSSR count). The summed E-state index contributed by atoms with van der Waals surface area (Å²) in [4.78, 5) is 35.9. The number of esters is 1. The molecule has 0 saturated heterocycles. The summed E-state index contributed by atoms with van der Waals surface area (Å²) < 4.78 is 4.87. The van der Waals surface area contributed by atoms with Crippen molar-refractivity contribution in [3.63, 3.8) is 0 Å². The summed E-state index contributed by atoms with van der Waals surface area (Å²) in [5.41, 5.74) is 1.22. The van der Waals surface area contributed by atoms with Gasteiger partial charge in [-0.05, 0) is 49.4 Å². The van der Waals surface area contributed by atoms with Gasteiger partial charge in [0, 0.05) is 11.3 Å². The molecule has 0 aliphatic heterocycles. The number of Topliss-reactive ketones (excluding diaryl/α,β-unsaturated/α-hetero) is 1. The number of benzene rings is 1. The van der Waals surface area contributed by atoms with Gasteiger partial charge < -0.3 is 10.1 Å². The number of rotatable bonds is 4. The number of hydrogen-bond acceptors (Lipinski definition) is 4. The topological polar surface area (TPSA) is 72.5 Å². The van der Waals surface area contributed by atoms with E-state index in [1.54, 1.807) is 24.3 Å². The Morgan fingerprint density at radius 1 is 1.04 bits per heavy atom. The van der Waals surface area contributed by atoms with Crippen LogP contribution in [0.15, 0.2) is 36.4 Å². The molecule has 1 fully saturated rings. The molecule has 2 aliphatic rings. The molecule has 1 N–H and O–H groups in total. The van der Waals surface area contributed by atoms with Gasteiger partial charge in [-0.3, -0.25) is 14.4 Å². The smallest absolute Gasteiger partial charge is 0.310 e. The van der Waals surface area contributed by atoms with Gasteiger partial charge >= 0.3 is 5.97 Å². The number of ether oxygens (including phenoxy) is 1. The second-order valence-corrected chi connectivity index (χ2v) is 6.15. The predicted molar refractivity (Wildman–Crippen MR) is 84.8 cm³/mol. The third-order valence-electron chi connectivity index (χ3n) is 4.79. The van der Waals surface area contributed by atoms with Crippen LogP contribution in [0.5, 0.6) is 0 Å². The molecule has 120 valence electrons. The van der Waals surface area contributed by atoms with E-state index in [0.717, 1.165) is 6.42 Å². The summed E-state index contributed by atoms with van der Waals surface area (Å²) in [6, 6.07) is 6.75. The summed E-state index contributed by atoms with van der Waals surface area (Å²) in [6.45, 7) is 1.50. The lowest BCUT2D eigenvalue weighted by Crippen LogP contribution is -2.37. The first kappa shape index (κ1) is 15.5. The molecule has 5 nitrogen and oxygen atoms in total. The first-order chi connectivity index (χ1) is 11.0.